The smallest absolute Gasteiger partial charge is 0.872 e. The minimum atomic E-state index is 0. The molecule has 0 aromatic heterocycles. The molecule has 0 saturated heterocycles. The molecule has 0 atom stereocenters. The topological polar surface area (TPSA) is 23.1 Å². The second-order valence-corrected chi connectivity index (χ2v) is 3.66. The van der Waals surface area contributed by atoms with Crippen LogP contribution in [0.15, 0.2) is 17.0 Å². The molecule has 1 nitrogen and oxygen atoms in total. The van der Waals surface area contributed by atoms with Crippen LogP contribution in [0.25, 0.3) is 0 Å². The molecule has 3 heteroatoms. The van der Waals surface area contributed by atoms with E-state index in [1.807, 2.05) is 32.2 Å². The van der Waals surface area contributed by atoms with Gasteiger partial charge in [-0.25, -0.2) is 0 Å². The Morgan fingerprint density at radius 2 is 2.00 bits per heavy atom. The van der Waals surface area contributed by atoms with Crippen LogP contribution in [0.5, 0.6) is 5.75 Å². The van der Waals surface area contributed by atoms with Gasteiger partial charge in [-0.2, -0.15) is 0 Å². The van der Waals surface area contributed by atoms with Gasteiger partial charge in [0.1, 0.15) is 0 Å². The van der Waals surface area contributed by atoms with Gasteiger partial charge in [-0.1, -0.05) is 24.3 Å². The molecule has 0 radical (unpaired) electrons. The molecule has 66 valence electrons. The molecule has 0 aliphatic carbocycles. The maximum Gasteiger partial charge on any atom is 1.00 e. The predicted molar refractivity (Wildman–Crippen MR) is 51.8 cm³/mol. The SMILES string of the molecule is CCc1cc(C)cc(SC)c1[O-].[Li+]. The van der Waals surface area contributed by atoms with E-state index in [0.29, 0.717) is 0 Å². The van der Waals surface area contributed by atoms with Gasteiger partial charge in [0.2, 0.25) is 0 Å². The number of hydrogen-bond acceptors (Lipinski definition) is 2. The second-order valence-electron chi connectivity index (χ2n) is 2.81. The summed E-state index contributed by atoms with van der Waals surface area (Å²) in [5.74, 6) is 0.204. The number of benzene rings is 1. The Morgan fingerprint density at radius 1 is 1.38 bits per heavy atom. The largest absolute Gasteiger partial charge is 1.00 e. The van der Waals surface area contributed by atoms with Crippen molar-refractivity contribution >= 4 is 11.8 Å². The van der Waals surface area contributed by atoms with Crippen molar-refractivity contribution in [3.8, 4) is 5.75 Å². The zero-order valence-electron chi connectivity index (χ0n) is 8.68. The Kier molecular flexibility index (Phi) is 5.63. The molecule has 1 rings (SSSR count). The summed E-state index contributed by atoms with van der Waals surface area (Å²) in [7, 11) is 0. The van der Waals surface area contributed by atoms with E-state index in [4.69, 9.17) is 0 Å². The maximum absolute atomic E-state index is 11.6. The summed E-state index contributed by atoms with van der Waals surface area (Å²) in [5.41, 5.74) is 2.11. The number of thioether (sulfide) groups is 1. The van der Waals surface area contributed by atoms with Gasteiger partial charge in [0, 0.05) is 0 Å². The quantitative estimate of drug-likeness (QED) is 0.455. The minimum absolute atomic E-state index is 0. The molecule has 0 aliphatic rings. The first kappa shape index (κ1) is 13.0. The van der Waals surface area contributed by atoms with Gasteiger partial charge in [-0.05, 0) is 36.1 Å². The van der Waals surface area contributed by atoms with Crippen LogP contribution >= 0.6 is 11.8 Å². The zero-order chi connectivity index (χ0) is 9.14. The molecule has 1 aromatic carbocycles. The first-order chi connectivity index (χ1) is 5.69. The van der Waals surface area contributed by atoms with Crippen molar-refractivity contribution in [2.24, 2.45) is 0 Å². The summed E-state index contributed by atoms with van der Waals surface area (Å²) in [6, 6.07) is 3.92. The third-order valence-electron chi connectivity index (χ3n) is 1.88. The summed E-state index contributed by atoms with van der Waals surface area (Å²) in [6.07, 6.45) is 2.77. The molecule has 0 amide bonds. The molecule has 0 unspecified atom stereocenters. The Morgan fingerprint density at radius 3 is 2.46 bits per heavy atom. The van der Waals surface area contributed by atoms with Crippen LogP contribution in [0.4, 0.5) is 0 Å². The van der Waals surface area contributed by atoms with Crippen LogP contribution in [-0.4, -0.2) is 6.26 Å². The van der Waals surface area contributed by atoms with E-state index in [1.165, 1.54) is 17.3 Å². The van der Waals surface area contributed by atoms with Gasteiger partial charge in [0.15, 0.2) is 0 Å². The van der Waals surface area contributed by atoms with E-state index in [-0.39, 0.29) is 24.6 Å². The average Bonchev–Trinajstić information content (AvgIpc) is 2.08. The summed E-state index contributed by atoms with van der Waals surface area (Å²) in [4.78, 5) is 0.867. The van der Waals surface area contributed by atoms with Crippen molar-refractivity contribution in [1.82, 2.24) is 0 Å². The summed E-state index contributed by atoms with van der Waals surface area (Å²) in [6.45, 7) is 4.04. The Hall–Kier alpha value is -0.0326. The second kappa shape index (κ2) is 5.65. The van der Waals surface area contributed by atoms with E-state index in [1.54, 1.807) is 0 Å². The van der Waals surface area contributed by atoms with Gasteiger partial charge < -0.3 is 5.11 Å². The number of rotatable bonds is 2. The fourth-order valence-electron chi connectivity index (χ4n) is 1.23. The van der Waals surface area contributed by atoms with Gasteiger partial charge >= 0.3 is 18.9 Å². The molecule has 0 bridgehead atoms. The molecular weight excluding hydrogens is 175 g/mol. The summed E-state index contributed by atoms with van der Waals surface area (Å²) in [5, 5.41) is 11.6. The Labute approximate surface area is 96.1 Å². The molecular formula is C10H13LiOS. The third kappa shape index (κ3) is 2.98. The van der Waals surface area contributed by atoms with Gasteiger partial charge in [0.25, 0.3) is 0 Å². The molecule has 0 heterocycles. The van der Waals surface area contributed by atoms with Crippen LogP contribution in [0.2, 0.25) is 0 Å². The van der Waals surface area contributed by atoms with Gasteiger partial charge in [-0.3, -0.25) is 0 Å². The standard InChI is InChI=1S/C10H14OS.Li/c1-4-8-5-7(2)6-9(12-3)10(8)11;/h5-6,11H,4H2,1-3H3;/q;+1/p-1. The average molecular weight is 188 g/mol. The van der Waals surface area contributed by atoms with E-state index < -0.39 is 0 Å². The fraction of sp³-hybridized carbons (Fsp3) is 0.400. The van der Waals surface area contributed by atoms with E-state index in [2.05, 4.69) is 0 Å². The van der Waals surface area contributed by atoms with Crippen LogP contribution in [0.1, 0.15) is 18.1 Å². The normalized spacial score (nSPS) is 9.46. The number of hydrogen-bond donors (Lipinski definition) is 0. The number of aryl methyl sites for hydroxylation is 2. The molecule has 0 fully saturated rings. The molecule has 13 heavy (non-hydrogen) atoms. The molecule has 1 aromatic rings. The van der Waals surface area contributed by atoms with Crippen molar-refractivity contribution < 1.29 is 24.0 Å². The minimum Gasteiger partial charge on any atom is -0.872 e. The summed E-state index contributed by atoms with van der Waals surface area (Å²) < 4.78 is 0. The Balaban J connectivity index is 0.00000144. The monoisotopic (exact) mass is 188 g/mol. The molecule has 0 spiro atoms. The van der Waals surface area contributed by atoms with Crippen LogP contribution < -0.4 is 24.0 Å². The van der Waals surface area contributed by atoms with Crippen molar-refractivity contribution in [1.29, 1.82) is 0 Å². The van der Waals surface area contributed by atoms with Crippen molar-refractivity contribution in [2.75, 3.05) is 6.26 Å². The zero-order valence-corrected chi connectivity index (χ0v) is 9.49. The van der Waals surface area contributed by atoms with E-state index in [9.17, 15) is 5.11 Å². The third-order valence-corrected chi connectivity index (χ3v) is 2.62. The maximum atomic E-state index is 11.6. The van der Waals surface area contributed by atoms with Crippen molar-refractivity contribution in [2.45, 2.75) is 25.2 Å². The first-order valence-electron chi connectivity index (χ1n) is 4.03. The predicted octanol–water partition coefficient (Wildman–Crippen LogP) is -0.643. The molecule has 0 N–H and O–H groups in total. The van der Waals surface area contributed by atoms with Crippen molar-refractivity contribution in [3.63, 3.8) is 0 Å². The van der Waals surface area contributed by atoms with Crippen LogP contribution in [0.3, 0.4) is 0 Å². The molecule has 0 saturated carbocycles. The van der Waals surface area contributed by atoms with E-state index >= 15 is 0 Å². The van der Waals surface area contributed by atoms with Gasteiger partial charge in [-0.15, -0.1) is 11.8 Å². The van der Waals surface area contributed by atoms with Crippen LogP contribution in [0, 0.1) is 6.92 Å². The summed E-state index contributed by atoms with van der Waals surface area (Å²) >= 11 is 1.53. The molecule has 0 aliphatic heterocycles. The van der Waals surface area contributed by atoms with E-state index in [0.717, 1.165) is 16.9 Å². The Bertz CT molecular complexity index is 261. The van der Waals surface area contributed by atoms with Gasteiger partial charge in [0.05, 0.1) is 0 Å². The fourth-order valence-corrected chi connectivity index (χ4v) is 1.85. The van der Waals surface area contributed by atoms with Crippen molar-refractivity contribution in [3.05, 3.63) is 23.3 Å². The van der Waals surface area contributed by atoms with Crippen LogP contribution in [-0.2, 0) is 6.42 Å². The first-order valence-corrected chi connectivity index (χ1v) is 5.26.